The number of allylic oxidation sites excluding steroid dienone is 4. The van der Waals surface area contributed by atoms with E-state index in [9.17, 15) is 4.39 Å². The Bertz CT molecular complexity index is 189. The zero-order valence-electron chi connectivity index (χ0n) is 6.04. The van der Waals surface area contributed by atoms with Gasteiger partial charge in [0, 0.05) is 11.5 Å². The van der Waals surface area contributed by atoms with Crippen molar-refractivity contribution in [1.29, 1.82) is 0 Å². The van der Waals surface area contributed by atoms with Gasteiger partial charge in [0.1, 0.15) is 5.83 Å². The van der Waals surface area contributed by atoms with Crippen LogP contribution in [0.15, 0.2) is 22.0 Å². The van der Waals surface area contributed by atoms with E-state index in [1.807, 2.05) is 6.42 Å². The molecule has 0 bridgehead atoms. The number of halogens is 2. The molecule has 1 rings (SSSR count). The van der Waals surface area contributed by atoms with Gasteiger partial charge in [-0.15, -0.1) is 0 Å². The maximum atomic E-state index is 12.9. The molecule has 0 saturated carbocycles. The fraction of sp³-hybridized carbons (Fsp3) is 0.375. The minimum Gasteiger partial charge on any atom is -0.207 e. The van der Waals surface area contributed by atoms with Gasteiger partial charge in [-0.3, -0.25) is 0 Å². The molecule has 0 saturated heterocycles. The second-order valence-corrected chi connectivity index (χ2v) is 2.88. The minimum atomic E-state index is -0.146. The molecule has 2 heteroatoms. The van der Waals surface area contributed by atoms with Crippen LogP contribution in [0.3, 0.4) is 0 Å². The van der Waals surface area contributed by atoms with E-state index in [2.05, 4.69) is 0 Å². The number of hydrogen-bond acceptors (Lipinski definition) is 0. The molecule has 0 N–H and O–H groups in total. The minimum absolute atomic E-state index is 0.146. The lowest BCUT2D eigenvalue weighted by Crippen LogP contribution is -1.96. The Labute approximate surface area is 65.4 Å². The van der Waals surface area contributed by atoms with E-state index >= 15 is 0 Å². The molecular formula is C8H9ClF. The summed E-state index contributed by atoms with van der Waals surface area (Å²) >= 11 is 5.68. The van der Waals surface area contributed by atoms with Crippen molar-refractivity contribution in [3.63, 3.8) is 0 Å². The summed E-state index contributed by atoms with van der Waals surface area (Å²) in [6, 6.07) is 0. The van der Waals surface area contributed by atoms with Gasteiger partial charge < -0.3 is 0 Å². The summed E-state index contributed by atoms with van der Waals surface area (Å²) in [7, 11) is 0. The zero-order chi connectivity index (χ0) is 7.72. The first-order chi connectivity index (χ1) is 4.63. The highest BCUT2D eigenvalue weighted by atomic mass is 35.5. The highest BCUT2D eigenvalue weighted by Crippen LogP contribution is 2.31. The lowest BCUT2D eigenvalue weighted by atomic mass is 10.0. The molecule has 0 amide bonds. The van der Waals surface area contributed by atoms with Crippen molar-refractivity contribution in [2.75, 3.05) is 0 Å². The van der Waals surface area contributed by atoms with Crippen LogP contribution >= 0.6 is 11.6 Å². The van der Waals surface area contributed by atoms with E-state index < -0.39 is 0 Å². The molecular weight excluding hydrogens is 151 g/mol. The first-order valence-electron chi connectivity index (χ1n) is 3.18. The molecule has 0 aromatic rings. The normalized spacial score (nSPS) is 20.4. The van der Waals surface area contributed by atoms with Crippen molar-refractivity contribution in [3.05, 3.63) is 28.4 Å². The Morgan fingerprint density at radius 3 is 2.60 bits per heavy atom. The van der Waals surface area contributed by atoms with Crippen molar-refractivity contribution < 1.29 is 4.39 Å². The van der Waals surface area contributed by atoms with Gasteiger partial charge in [-0.2, -0.15) is 0 Å². The van der Waals surface area contributed by atoms with Gasteiger partial charge in [-0.1, -0.05) is 11.6 Å². The fourth-order valence-corrected chi connectivity index (χ4v) is 1.07. The molecule has 0 aromatic carbocycles. The van der Waals surface area contributed by atoms with E-state index in [-0.39, 0.29) is 5.83 Å². The van der Waals surface area contributed by atoms with Crippen LogP contribution in [0, 0.1) is 6.42 Å². The third-order valence-electron chi connectivity index (χ3n) is 1.65. The summed E-state index contributed by atoms with van der Waals surface area (Å²) in [4.78, 5) is 0. The van der Waals surface area contributed by atoms with Crippen molar-refractivity contribution in [3.8, 4) is 0 Å². The predicted octanol–water partition coefficient (Wildman–Crippen LogP) is 3.35. The Kier molecular flexibility index (Phi) is 2.14. The standard InChI is InChI=1S/C8H9ClF/c1-5-3-4-7(9)6(2)8(5)10/h4H,3H2,1-2H3. The Morgan fingerprint density at radius 2 is 2.10 bits per heavy atom. The molecule has 0 spiro atoms. The highest BCUT2D eigenvalue weighted by molar-refractivity contribution is 6.31. The van der Waals surface area contributed by atoms with Crippen LogP contribution < -0.4 is 0 Å². The fourth-order valence-electron chi connectivity index (χ4n) is 0.910. The molecule has 0 heterocycles. The van der Waals surface area contributed by atoms with Crippen molar-refractivity contribution in [2.24, 2.45) is 0 Å². The second-order valence-electron chi connectivity index (χ2n) is 2.48. The van der Waals surface area contributed by atoms with Crippen LogP contribution in [0.25, 0.3) is 0 Å². The molecule has 10 heavy (non-hydrogen) atoms. The van der Waals surface area contributed by atoms with Gasteiger partial charge >= 0.3 is 0 Å². The van der Waals surface area contributed by atoms with Crippen molar-refractivity contribution in [2.45, 2.75) is 20.3 Å². The second kappa shape index (κ2) is 2.75. The largest absolute Gasteiger partial charge is 0.207 e. The van der Waals surface area contributed by atoms with Gasteiger partial charge in [0.25, 0.3) is 0 Å². The first-order valence-corrected chi connectivity index (χ1v) is 3.56. The van der Waals surface area contributed by atoms with E-state index in [1.54, 1.807) is 13.8 Å². The maximum Gasteiger partial charge on any atom is 0.126 e. The van der Waals surface area contributed by atoms with E-state index in [4.69, 9.17) is 11.6 Å². The van der Waals surface area contributed by atoms with Gasteiger partial charge in [-0.05, 0) is 31.4 Å². The quantitative estimate of drug-likeness (QED) is 0.509. The van der Waals surface area contributed by atoms with Crippen LogP contribution in [-0.4, -0.2) is 0 Å². The molecule has 0 unspecified atom stereocenters. The van der Waals surface area contributed by atoms with Crippen molar-refractivity contribution >= 4 is 11.6 Å². The summed E-state index contributed by atoms with van der Waals surface area (Å²) in [5.41, 5.74) is 1.33. The zero-order valence-corrected chi connectivity index (χ0v) is 6.80. The number of rotatable bonds is 0. The predicted molar refractivity (Wildman–Crippen MR) is 41.3 cm³/mol. The summed E-state index contributed by atoms with van der Waals surface area (Å²) in [5.74, 6) is -0.146. The molecule has 0 atom stereocenters. The topological polar surface area (TPSA) is 0 Å². The van der Waals surface area contributed by atoms with Gasteiger partial charge in [0.15, 0.2) is 0 Å². The Balaban J connectivity index is 3.01. The van der Waals surface area contributed by atoms with Crippen LogP contribution in [0.1, 0.15) is 20.3 Å². The molecule has 1 radical (unpaired) electrons. The molecule has 0 nitrogen and oxygen atoms in total. The molecule has 0 aromatic heterocycles. The van der Waals surface area contributed by atoms with Crippen LogP contribution in [0.2, 0.25) is 0 Å². The van der Waals surface area contributed by atoms with Crippen LogP contribution in [0.5, 0.6) is 0 Å². The molecule has 55 valence electrons. The van der Waals surface area contributed by atoms with E-state index in [0.717, 1.165) is 5.57 Å². The Hall–Kier alpha value is -0.300. The average molecular weight is 160 g/mol. The highest BCUT2D eigenvalue weighted by Gasteiger charge is 2.14. The van der Waals surface area contributed by atoms with Gasteiger partial charge in [0.05, 0.1) is 0 Å². The van der Waals surface area contributed by atoms with Crippen LogP contribution in [-0.2, 0) is 0 Å². The third kappa shape index (κ3) is 1.24. The lowest BCUT2D eigenvalue weighted by Gasteiger charge is -2.12. The molecule has 0 aliphatic heterocycles. The number of hydrogen-bond donors (Lipinski definition) is 0. The SMILES string of the molecule is CC1=C(F)C(C)=C(Cl)[CH]C1. The van der Waals surface area contributed by atoms with E-state index in [0.29, 0.717) is 17.0 Å². The molecule has 1 aliphatic carbocycles. The monoisotopic (exact) mass is 159 g/mol. The molecule has 0 fully saturated rings. The summed E-state index contributed by atoms with van der Waals surface area (Å²) in [6.45, 7) is 3.47. The van der Waals surface area contributed by atoms with E-state index in [1.165, 1.54) is 0 Å². The summed E-state index contributed by atoms with van der Waals surface area (Å²) in [6.07, 6.45) is 2.47. The Morgan fingerprint density at radius 1 is 1.50 bits per heavy atom. The van der Waals surface area contributed by atoms with Gasteiger partial charge in [-0.25, -0.2) is 4.39 Å². The maximum absolute atomic E-state index is 12.9. The average Bonchev–Trinajstić information content (AvgIpc) is 1.93. The summed E-state index contributed by atoms with van der Waals surface area (Å²) in [5, 5.41) is 0.545. The first kappa shape index (κ1) is 7.80. The van der Waals surface area contributed by atoms with Gasteiger partial charge in [0.2, 0.25) is 0 Å². The van der Waals surface area contributed by atoms with Crippen LogP contribution in [0.4, 0.5) is 4.39 Å². The third-order valence-corrected chi connectivity index (χ3v) is 2.09. The summed E-state index contributed by atoms with van der Waals surface area (Å²) < 4.78 is 12.9. The smallest absolute Gasteiger partial charge is 0.126 e. The lowest BCUT2D eigenvalue weighted by molar-refractivity contribution is 0.627. The molecule has 1 aliphatic rings. The van der Waals surface area contributed by atoms with Crippen molar-refractivity contribution in [1.82, 2.24) is 0 Å².